The van der Waals surface area contributed by atoms with Crippen LogP contribution in [0.3, 0.4) is 0 Å². The van der Waals surface area contributed by atoms with Gasteiger partial charge in [0.1, 0.15) is 5.82 Å². The molecule has 0 atom stereocenters. The zero-order valence-corrected chi connectivity index (χ0v) is 14.3. The summed E-state index contributed by atoms with van der Waals surface area (Å²) < 4.78 is 0. The van der Waals surface area contributed by atoms with Crippen molar-refractivity contribution in [2.75, 3.05) is 30.0 Å². The summed E-state index contributed by atoms with van der Waals surface area (Å²) in [4.78, 5) is 18.8. The lowest BCUT2D eigenvalue weighted by molar-refractivity contribution is -0.120. The smallest absolute Gasteiger partial charge is 0.221 e. The van der Waals surface area contributed by atoms with Crippen LogP contribution in [0.5, 0.6) is 0 Å². The lowest BCUT2D eigenvalue weighted by Gasteiger charge is -2.27. The normalized spacial score (nSPS) is 16.0. The molecule has 0 bridgehead atoms. The maximum absolute atomic E-state index is 11.8. The second-order valence-corrected chi connectivity index (χ2v) is 6.75. The molecule has 1 N–H and O–H groups in total. The minimum Gasteiger partial charge on any atom is -0.356 e. The highest BCUT2D eigenvalue weighted by Crippen LogP contribution is 2.21. The minimum atomic E-state index is 0.122. The van der Waals surface area contributed by atoms with Crippen molar-refractivity contribution >= 4 is 23.5 Å². The maximum atomic E-state index is 11.8. The number of aromatic nitrogens is 1. The second kappa shape index (κ2) is 9.72. The van der Waals surface area contributed by atoms with Crippen molar-refractivity contribution in [3.8, 4) is 0 Å². The first-order chi connectivity index (χ1) is 10.8. The van der Waals surface area contributed by atoms with Crippen LogP contribution in [0, 0.1) is 0 Å². The van der Waals surface area contributed by atoms with Gasteiger partial charge in [0.05, 0.1) is 0 Å². The van der Waals surface area contributed by atoms with Gasteiger partial charge in [-0.15, -0.1) is 0 Å². The lowest BCUT2D eigenvalue weighted by atomic mass is 10.1. The number of nitrogens with one attached hydrogen (secondary N) is 1. The summed E-state index contributed by atoms with van der Waals surface area (Å²) in [6, 6.07) is 4.03. The van der Waals surface area contributed by atoms with E-state index >= 15 is 0 Å². The van der Waals surface area contributed by atoms with Gasteiger partial charge in [-0.2, -0.15) is 11.8 Å². The Bertz CT molecular complexity index is 459. The van der Waals surface area contributed by atoms with Crippen LogP contribution in [-0.2, 0) is 11.3 Å². The molecule has 1 saturated heterocycles. The standard InChI is InChI=1S/C17H27N3OS/c1-22-13-9-16(21)19-14-15-8-7-10-18-17(15)20-11-5-3-2-4-6-12-20/h7-8,10H,2-6,9,11-14H2,1H3,(H,19,21). The molecule has 1 amide bonds. The summed E-state index contributed by atoms with van der Waals surface area (Å²) >= 11 is 1.70. The van der Waals surface area contributed by atoms with Crippen molar-refractivity contribution < 1.29 is 4.79 Å². The SMILES string of the molecule is CSCCC(=O)NCc1cccnc1N1CCCCCCC1. The highest BCUT2D eigenvalue weighted by Gasteiger charge is 2.14. The first kappa shape index (κ1) is 17.1. The monoisotopic (exact) mass is 321 g/mol. The third-order valence-corrected chi connectivity index (χ3v) is 4.64. The number of amides is 1. The van der Waals surface area contributed by atoms with Gasteiger partial charge in [-0.3, -0.25) is 4.79 Å². The van der Waals surface area contributed by atoms with Crippen LogP contribution < -0.4 is 10.2 Å². The number of hydrogen-bond acceptors (Lipinski definition) is 4. The molecule has 2 rings (SSSR count). The number of hydrogen-bond donors (Lipinski definition) is 1. The molecule has 1 aromatic heterocycles. The van der Waals surface area contributed by atoms with E-state index in [1.54, 1.807) is 11.8 Å². The molecule has 0 radical (unpaired) electrons. The van der Waals surface area contributed by atoms with Crippen LogP contribution in [0.1, 0.15) is 44.1 Å². The number of nitrogens with zero attached hydrogens (tertiary/aromatic N) is 2. The van der Waals surface area contributed by atoms with Crippen molar-refractivity contribution in [2.45, 2.75) is 45.1 Å². The van der Waals surface area contributed by atoms with E-state index in [0.29, 0.717) is 13.0 Å². The molecular formula is C17H27N3OS. The molecule has 1 aliphatic heterocycles. The van der Waals surface area contributed by atoms with Gasteiger partial charge in [0.15, 0.2) is 0 Å². The Morgan fingerprint density at radius 2 is 2.00 bits per heavy atom. The molecule has 0 spiro atoms. The van der Waals surface area contributed by atoms with Gasteiger partial charge >= 0.3 is 0 Å². The van der Waals surface area contributed by atoms with Gasteiger partial charge in [0, 0.05) is 43.6 Å². The van der Waals surface area contributed by atoms with E-state index in [9.17, 15) is 4.79 Å². The van der Waals surface area contributed by atoms with Gasteiger partial charge in [-0.05, 0) is 25.2 Å². The highest BCUT2D eigenvalue weighted by atomic mass is 32.2. The molecule has 0 unspecified atom stereocenters. The Morgan fingerprint density at radius 1 is 1.27 bits per heavy atom. The number of pyridine rings is 1. The Morgan fingerprint density at radius 3 is 2.73 bits per heavy atom. The fourth-order valence-corrected chi connectivity index (χ4v) is 3.18. The zero-order chi connectivity index (χ0) is 15.6. The molecule has 1 fully saturated rings. The average molecular weight is 321 g/mol. The van der Waals surface area contributed by atoms with Crippen molar-refractivity contribution in [3.05, 3.63) is 23.9 Å². The van der Waals surface area contributed by atoms with Gasteiger partial charge < -0.3 is 10.2 Å². The van der Waals surface area contributed by atoms with Gasteiger partial charge in [-0.25, -0.2) is 4.98 Å². The number of thioether (sulfide) groups is 1. The number of carbonyl (C=O) groups is 1. The first-order valence-electron chi connectivity index (χ1n) is 8.25. The second-order valence-electron chi connectivity index (χ2n) is 5.76. The largest absolute Gasteiger partial charge is 0.356 e. The van der Waals surface area contributed by atoms with Crippen LogP contribution in [0.4, 0.5) is 5.82 Å². The fourth-order valence-electron chi connectivity index (χ4n) is 2.79. The van der Waals surface area contributed by atoms with Crippen LogP contribution in [0.15, 0.2) is 18.3 Å². The Hall–Kier alpha value is -1.23. The third-order valence-electron chi connectivity index (χ3n) is 4.03. The van der Waals surface area contributed by atoms with Gasteiger partial charge in [-0.1, -0.05) is 25.3 Å². The summed E-state index contributed by atoms with van der Waals surface area (Å²) in [6.07, 6.45) is 10.9. The van der Waals surface area contributed by atoms with E-state index in [0.717, 1.165) is 30.2 Å². The van der Waals surface area contributed by atoms with Crippen molar-refractivity contribution in [3.63, 3.8) is 0 Å². The van der Waals surface area contributed by atoms with E-state index in [4.69, 9.17) is 0 Å². The van der Waals surface area contributed by atoms with Crippen LogP contribution in [0.2, 0.25) is 0 Å². The van der Waals surface area contributed by atoms with E-state index in [-0.39, 0.29) is 5.91 Å². The average Bonchev–Trinajstić information content (AvgIpc) is 2.51. The zero-order valence-electron chi connectivity index (χ0n) is 13.5. The van der Waals surface area contributed by atoms with Gasteiger partial charge in [0.2, 0.25) is 5.91 Å². The van der Waals surface area contributed by atoms with Crippen molar-refractivity contribution in [1.29, 1.82) is 0 Å². The summed E-state index contributed by atoms with van der Waals surface area (Å²) in [5.74, 6) is 2.05. The van der Waals surface area contributed by atoms with Crippen LogP contribution in [-0.4, -0.2) is 36.0 Å². The molecule has 0 aliphatic carbocycles. The van der Waals surface area contributed by atoms with Crippen LogP contribution >= 0.6 is 11.8 Å². The Kier molecular flexibility index (Phi) is 7.57. The quantitative estimate of drug-likeness (QED) is 0.874. The fraction of sp³-hybridized carbons (Fsp3) is 0.647. The molecule has 22 heavy (non-hydrogen) atoms. The number of carbonyl (C=O) groups excluding carboxylic acids is 1. The molecule has 4 nitrogen and oxygen atoms in total. The summed E-state index contributed by atoms with van der Waals surface area (Å²) in [6.45, 7) is 2.72. The number of rotatable bonds is 6. The Labute approximate surface area is 138 Å². The summed E-state index contributed by atoms with van der Waals surface area (Å²) in [7, 11) is 0. The van der Waals surface area contributed by atoms with E-state index in [1.807, 2.05) is 18.5 Å². The van der Waals surface area contributed by atoms with E-state index < -0.39 is 0 Å². The molecule has 1 aliphatic rings. The summed E-state index contributed by atoms with van der Waals surface area (Å²) in [5.41, 5.74) is 1.13. The topological polar surface area (TPSA) is 45.2 Å². The Balaban J connectivity index is 1.97. The lowest BCUT2D eigenvalue weighted by Crippen LogP contribution is -2.30. The molecule has 2 heterocycles. The predicted molar refractivity (Wildman–Crippen MR) is 94.4 cm³/mol. The molecular weight excluding hydrogens is 294 g/mol. The third kappa shape index (κ3) is 5.52. The maximum Gasteiger partial charge on any atom is 0.221 e. The van der Waals surface area contributed by atoms with E-state index in [2.05, 4.69) is 21.3 Å². The van der Waals surface area contributed by atoms with E-state index in [1.165, 1.54) is 32.1 Å². The highest BCUT2D eigenvalue weighted by molar-refractivity contribution is 7.98. The van der Waals surface area contributed by atoms with Gasteiger partial charge in [0.25, 0.3) is 0 Å². The minimum absolute atomic E-state index is 0.122. The molecule has 122 valence electrons. The molecule has 0 aromatic carbocycles. The van der Waals surface area contributed by atoms with Crippen molar-refractivity contribution in [2.24, 2.45) is 0 Å². The summed E-state index contributed by atoms with van der Waals surface area (Å²) in [5, 5.41) is 3.02. The number of anilines is 1. The molecule has 5 heteroatoms. The molecule has 1 aromatic rings. The first-order valence-corrected chi connectivity index (χ1v) is 9.65. The van der Waals surface area contributed by atoms with Crippen molar-refractivity contribution in [1.82, 2.24) is 10.3 Å². The molecule has 0 saturated carbocycles. The van der Waals surface area contributed by atoms with Crippen LogP contribution in [0.25, 0.3) is 0 Å². The predicted octanol–water partition coefficient (Wildman–Crippen LogP) is 3.22.